The molecule has 0 aliphatic carbocycles. The Hall–Kier alpha value is -3.21. The molecular formula is C20H17FO4. The summed E-state index contributed by atoms with van der Waals surface area (Å²) in [5.41, 5.74) is 1.97. The molecule has 0 amide bonds. The molecule has 2 aromatic rings. The van der Waals surface area contributed by atoms with E-state index in [1.54, 1.807) is 43.3 Å². The van der Waals surface area contributed by atoms with Crippen molar-refractivity contribution in [3.05, 3.63) is 78.7 Å². The summed E-state index contributed by atoms with van der Waals surface area (Å²) < 4.78 is 24.1. The van der Waals surface area contributed by atoms with Gasteiger partial charge in [0.2, 0.25) is 0 Å². The highest BCUT2D eigenvalue weighted by Gasteiger charge is 2.09. The highest BCUT2D eigenvalue weighted by Crippen LogP contribution is 2.25. The summed E-state index contributed by atoms with van der Waals surface area (Å²) in [6, 6.07) is 11.3. The fraction of sp³-hybridized carbons (Fsp3) is 0.100. The van der Waals surface area contributed by atoms with Crippen molar-refractivity contribution in [2.24, 2.45) is 0 Å². The van der Waals surface area contributed by atoms with Crippen LogP contribution in [0.3, 0.4) is 0 Å². The van der Waals surface area contributed by atoms with Gasteiger partial charge in [-0.25, -0.2) is 14.0 Å². The van der Waals surface area contributed by atoms with Gasteiger partial charge in [0.15, 0.2) is 0 Å². The Balaban J connectivity index is 2.12. The first-order chi connectivity index (χ1) is 11.9. The van der Waals surface area contributed by atoms with Gasteiger partial charge in [-0.2, -0.15) is 0 Å². The van der Waals surface area contributed by atoms with Gasteiger partial charge in [0.05, 0.1) is 0 Å². The number of rotatable bonds is 6. The van der Waals surface area contributed by atoms with E-state index in [0.717, 1.165) is 11.6 Å². The van der Waals surface area contributed by atoms with E-state index in [-0.39, 0.29) is 12.2 Å². The lowest BCUT2D eigenvalue weighted by Gasteiger charge is -2.08. The maximum atomic E-state index is 14.1. The van der Waals surface area contributed by atoms with Crippen molar-refractivity contribution >= 4 is 11.9 Å². The molecule has 0 fully saturated rings. The van der Waals surface area contributed by atoms with E-state index in [9.17, 15) is 14.0 Å². The average molecular weight is 340 g/mol. The van der Waals surface area contributed by atoms with Gasteiger partial charge in [-0.1, -0.05) is 37.4 Å². The topological polar surface area (TPSA) is 52.6 Å². The maximum absolute atomic E-state index is 14.1. The molecular weight excluding hydrogens is 323 g/mol. The van der Waals surface area contributed by atoms with Crippen molar-refractivity contribution < 1.29 is 23.5 Å². The standard InChI is InChI=1S/C20H17FO4/c1-4-19(22)24-12-16-6-5-15(11-18(16)21)14-7-9-17(10-8-14)25-20(23)13(2)3/h4-11H,1-2,12H2,3H3. The van der Waals surface area contributed by atoms with E-state index in [1.165, 1.54) is 6.07 Å². The van der Waals surface area contributed by atoms with E-state index < -0.39 is 17.8 Å². The van der Waals surface area contributed by atoms with Crippen LogP contribution in [0.25, 0.3) is 11.1 Å². The second kappa shape index (κ2) is 8.06. The number of benzene rings is 2. The van der Waals surface area contributed by atoms with Gasteiger partial charge in [-0.3, -0.25) is 0 Å². The van der Waals surface area contributed by atoms with Crippen molar-refractivity contribution in [1.82, 2.24) is 0 Å². The van der Waals surface area contributed by atoms with Crippen LogP contribution < -0.4 is 4.74 Å². The predicted octanol–water partition coefficient (Wildman–Crippen LogP) is 4.20. The van der Waals surface area contributed by atoms with Crippen LogP contribution in [0.2, 0.25) is 0 Å². The van der Waals surface area contributed by atoms with Crippen molar-refractivity contribution in [1.29, 1.82) is 0 Å². The molecule has 5 heteroatoms. The van der Waals surface area contributed by atoms with Crippen molar-refractivity contribution in [3.63, 3.8) is 0 Å². The molecule has 0 unspecified atom stereocenters. The Labute approximate surface area is 145 Å². The molecule has 0 aliphatic rings. The highest BCUT2D eigenvalue weighted by molar-refractivity contribution is 5.88. The van der Waals surface area contributed by atoms with Gasteiger partial charge in [-0.15, -0.1) is 0 Å². The number of hydrogen-bond acceptors (Lipinski definition) is 4. The lowest BCUT2D eigenvalue weighted by atomic mass is 10.0. The number of esters is 2. The van der Waals surface area contributed by atoms with Gasteiger partial charge < -0.3 is 9.47 Å². The Morgan fingerprint density at radius 3 is 2.32 bits per heavy atom. The first-order valence-electron chi connectivity index (χ1n) is 7.46. The average Bonchev–Trinajstić information content (AvgIpc) is 2.60. The van der Waals surface area contributed by atoms with E-state index in [0.29, 0.717) is 16.9 Å². The third kappa shape index (κ3) is 4.88. The summed E-state index contributed by atoms with van der Waals surface area (Å²) in [4.78, 5) is 22.5. The number of carbonyl (C=O) groups excluding carboxylic acids is 2. The van der Waals surface area contributed by atoms with E-state index >= 15 is 0 Å². The minimum atomic E-state index is -0.608. The van der Waals surface area contributed by atoms with Crippen LogP contribution in [0, 0.1) is 5.82 Å². The Morgan fingerprint density at radius 2 is 1.76 bits per heavy atom. The third-order valence-corrected chi connectivity index (χ3v) is 3.34. The molecule has 0 spiro atoms. The van der Waals surface area contributed by atoms with Crippen LogP contribution >= 0.6 is 0 Å². The molecule has 0 atom stereocenters. The fourth-order valence-corrected chi connectivity index (χ4v) is 1.96. The molecule has 0 heterocycles. The number of hydrogen-bond donors (Lipinski definition) is 0. The zero-order valence-corrected chi connectivity index (χ0v) is 13.8. The second-order valence-electron chi connectivity index (χ2n) is 5.31. The molecule has 0 N–H and O–H groups in total. The largest absolute Gasteiger partial charge is 0.458 e. The minimum absolute atomic E-state index is 0.160. The van der Waals surface area contributed by atoms with Crippen molar-refractivity contribution in [2.45, 2.75) is 13.5 Å². The number of halogens is 1. The summed E-state index contributed by atoms with van der Waals surface area (Å²) in [5.74, 6) is -1.21. The lowest BCUT2D eigenvalue weighted by Crippen LogP contribution is -2.07. The maximum Gasteiger partial charge on any atom is 0.338 e. The van der Waals surface area contributed by atoms with Crippen LogP contribution in [-0.2, 0) is 20.9 Å². The molecule has 2 rings (SSSR count). The Kier molecular flexibility index (Phi) is 5.84. The summed E-state index contributed by atoms with van der Waals surface area (Å²) in [6.45, 7) is 8.19. The van der Waals surface area contributed by atoms with Crippen LogP contribution in [0.4, 0.5) is 4.39 Å². The summed E-state index contributed by atoms with van der Waals surface area (Å²) in [6.07, 6.45) is 1.02. The molecule has 25 heavy (non-hydrogen) atoms. The molecule has 0 radical (unpaired) electrons. The van der Waals surface area contributed by atoms with Crippen molar-refractivity contribution in [3.8, 4) is 16.9 Å². The summed E-state index contributed by atoms with van der Waals surface area (Å²) in [5, 5.41) is 0. The quantitative estimate of drug-likeness (QED) is 0.449. The molecule has 0 aliphatic heterocycles. The zero-order chi connectivity index (χ0) is 18.4. The first-order valence-corrected chi connectivity index (χ1v) is 7.46. The monoisotopic (exact) mass is 340 g/mol. The third-order valence-electron chi connectivity index (χ3n) is 3.34. The SMILES string of the molecule is C=CC(=O)OCc1ccc(-c2ccc(OC(=O)C(=C)C)cc2)cc1F. The van der Waals surface area contributed by atoms with Crippen molar-refractivity contribution in [2.75, 3.05) is 0 Å². The first kappa shape index (κ1) is 18.1. The van der Waals surface area contributed by atoms with E-state index in [2.05, 4.69) is 13.2 Å². The van der Waals surface area contributed by atoms with Crippen LogP contribution in [-0.4, -0.2) is 11.9 Å². The van der Waals surface area contributed by atoms with E-state index in [1.807, 2.05) is 0 Å². The minimum Gasteiger partial charge on any atom is -0.458 e. The fourth-order valence-electron chi connectivity index (χ4n) is 1.96. The summed E-state index contributed by atoms with van der Waals surface area (Å²) in [7, 11) is 0. The van der Waals surface area contributed by atoms with E-state index in [4.69, 9.17) is 9.47 Å². The van der Waals surface area contributed by atoms with Gasteiger partial charge >= 0.3 is 11.9 Å². The van der Waals surface area contributed by atoms with Crippen LogP contribution in [0.5, 0.6) is 5.75 Å². The Morgan fingerprint density at radius 1 is 1.12 bits per heavy atom. The predicted molar refractivity (Wildman–Crippen MR) is 92.3 cm³/mol. The molecule has 0 aromatic heterocycles. The second-order valence-corrected chi connectivity index (χ2v) is 5.31. The van der Waals surface area contributed by atoms with Gasteiger partial charge in [0, 0.05) is 17.2 Å². The highest BCUT2D eigenvalue weighted by atomic mass is 19.1. The van der Waals surface area contributed by atoms with Gasteiger partial charge in [-0.05, 0) is 36.2 Å². The molecule has 0 bridgehead atoms. The zero-order valence-electron chi connectivity index (χ0n) is 13.8. The molecule has 0 saturated carbocycles. The molecule has 0 saturated heterocycles. The molecule has 2 aromatic carbocycles. The number of carbonyl (C=O) groups is 2. The van der Waals surface area contributed by atoms with Gasteiger partial charge in [0.1, 0.15) is 18.2 Å². The molecule has 128 valence electrons. The van der Waals surface area contributed by atoms with Crippen LogP contribution in [0.15, 0.2) is 67.3 Å². The normalized spacial score (nSPS) is 10.0. The Bertz CT molecular complexity index is 822. The smallest absolute Gasteiger partial charge is 0.338 e. The van der Waals surface area contributed by atoms with Gasteiger partial charge in [0.25, 0.3) is 0 Å². The lowest BCUT2D eigenvalue weighted by molar-refractivity contribution is -0.139. The number of ether oxygens (including phenoxy) is 2. The molecule has 4 nitrogen and oxygen atoms in total. The van der Waals surface area contributed by atoms with Crippen LogP contribution in [0.1, 0.15) is 12.5 Å². The summed E-state index contributed by atoms with van der Waals surface area (Å²) >= 11 is 0.